The van der Waals surface area contributed by atoms with Crippen LogP contribution in [0.25, 0.3) is 11.0 Å². The molecule has 4 rings (SSSR count). The van der Waals surface area contributed by atoms with E-state index in [2.05, 4.69) is 16.0 Å². The number of fused-ring (bicyclic) bond motifs is 2. The third-order valence-corrected chi connectivity index (χ3v) is 3.97. The fourth-order valence-corrected chi connectivity index (χ4v) is 2.92. The van der Waals surface area contributed by atoms with Crippen LogP contribution in [0.3, 0.4) is 0 Å². The zero-order valence-electron chi connectivity index (χ0n) is 11.0. The average molecular weight is 265 g/mol. The SMILES string of the molecule is Nc1cccc2c1CN(c1nccc3occc13)CC2. The van der Waals surface area contributed by atoms with E-state index in [0.29, 0.717) is 0 Å². The summed E-state index contributed by atoms with van der Waals surface area (Å²) in [6, 6.07) is 10.0. The number of hydrogen-bond donors (Lipinski definition) is 1. The van der Waals surface area contributed by atoms with Crippen LogP contribution >= 0.6 is 0 Å². The molecule has 0 radical (unpaired) electrons. The number of nitrogens with two attached hydrogens (primary N) is 1. The number of pyridine rings is 1. The number of benzene rings is 1. The highest BCUT2D eigenvalue weighted by Crippen LogP contribution is 2.31. The zero-order valence-corrected chi connectivity index (χ0v) is 11.0. The van der Waals surface area contributed by atoms with Gasteiger partial charge in [-0.15, -0.1) is 0 Å². The van der Waals surface area contributed by atoms with E-state index in [1.54, 1.807) is 12.5 Å². The summed E-state index contributed by atoms with van der Waals surface area (Å²) in [6.45, 7) is 1.76. The first kappa shape index (κ1) is 11.3. The molecule has 1 aliphatic heterocycles. The van der Waals surface area contributed by atoms with Crippen LogP contribution in [0, 0.1) is 0 Å². The van der Waals surface area contributed by atoms with Crippen molar-refractivity contribution >= 4 is 22.5 Å². The molecule has 2 aromatic heterocycles. The molecule has 1 aromatic carbocycles. The van der Waals surface area contributed by atoms with Gasteiger partial charge in [-0.2, -0.15) is 0 Å². The number of nitrogens with zero attached hydrogens (tertiary/aromatic N) is 2. The molecule has 0 bridgehead atoms. The van der Waals surface area contributed by atoms with Crippen LogP contribution in [0.15, 0.2) is 47.2 Å². The van der Waals surface area contributed by atoms with Crippen molar-refractivity contribution in [3.63, 3.8) is 0 Å². The number of hydrogen-bond acceptors (Lipinski definition) is 4. The molecular formula is C16H15N3O. The van der Waals surface area contributed by atoms with Crippen LogP contribution in [0.1, 0.15) is 11.1 Å². The van der Waals surface area contributed by atoms with Gasteiger partial charge in [0.15, 0.2) is 0 Å². The maximum atomic E-state index is 6.11. The maximum Gasteiger partial charge on any atom is 0.140 e. The molecule has 0 saturated heterocycles. The van der Waals surface area contributed by atoms with Crippen LogP contribution in [-0.4, -0.2) is 11.5 Å². The Kier molecular flexibility index (Phi) is 2.42. The molecule has 0 fully saturated rings. The Morgan fingerprint density at radius 3 is 3.10 bits per heavy atom. The van der Waals surface area contributed by atoms with E-state index in [0.717, 1.165) is 42.0 Å². The van der Waals surface area contributed by atoms with E-state index < -0.39 is 0 Å². The van der Waals surface area contributed by atoms with Gasteiger partial charge in [-0.25, -0.2) is 4.98 Å². The van der Waals surface area contributed by atoms with Gasteiger partial charge in [0.25, 0.3) is 0 Å². The van der Waals surface area contributed by atoms with Gasteiger partial charge >= 0.3 is 0 Å². The highest BCUT2D eigenvalue weighted by atomic mass is 16.3. The fourth-order valence-electron chi connectivity index (χ4n) is 2.92. The minimum Gasteiger partial charge on any atom is -0.464 e. The molecular weight excluding hydrogens is 250 g/mol. The van der Waals surface area contributed by atoms with E-state index >= 15 is 0 Å². The molecule has 20 heavy (non-hydrogen) atoms. The second kappa shape index (κ2) is 4.27. The summed E-state index contributed by atoms with van der Waals surface area (Å²) < 4.78 is 5.45. The van der Waals surface area contributed by atoms with Gasteiger partial charge in [0.05, 0.1) is 11.6 Å². The molecule has 0 amide bonds. The Hall–Kier alpha value is -2.49. The summed E-state index contributed by atoms with van der Waals surface area (Å²) in [7, 11) is 0. The predicted molar refractivity (Wildman–Crippen MR) is 79.6 cm³/mol. The van der Waals surface area contributed by atoms with E-state index in [1.165, 1.54) is 11.1 Å². The Labute approximate surface area is 116 Å². The normalized spacial score (nSPS) is 14.5. The largest absolute Gasteiger partial charge is 0.464 e. The van der Waals surface area contributed by atoms with Crippen molar-refractivity contribution in [2.24, 2.45) is 0 Å². The first-order chi connectivity index (χ1) is 9.83. The van der Waals surface area contributed by atoms with Crippen molar-refractivity contribution in [1.29, 1.82) is 0 Å². The molecule has 3 aromatic rings. The topological polar surface area (TPSA) is 55.3 Å². The fraction of sp³-hybridized carbons (Fsp3) is 0.188. The Morgan fingerprint density at radius 1 is 1.20 bits per heavy atom. The van der Waals surface area contributed by atoms with Crippen molar-refractivity contribution in [2.75, 3.05) is 17.2 Å². The number of rotatable bonds is 1. The standard InChI is InChI=1S/C16H15N3O/c17-14-3-1-2-11-5-8-19(10-13(11)14)16-12-6-9-20-15(12)4-7-18-16/h1-4,6-7,9H,5,8,10,17H2. The van der Waals surface area contributed by atoms with Crippen LogP contribution in [0.5, 0.6) is 0 Å². The van der Waals surface area contributed by atoms with Crippen molar-refractivity contribution in [3.05, 3.63) is 53.9 Å². The molecule has 0 spiro atoms. The van der Waals surface area contributed by atoms with Gasteiger partial charge in [-0.3, -0.25) is 0 Å². The molecule has 100 valence electrons. The van der Waals surface area contributed by atoms with E-state index in [1.807, 2.05) is 24.3 Å². The lowest BCUT2D eigenvalue weighted by atomic mass is 9.98. The summed E-state index contributed by atoms with van der Waals surface area (Å²) in [6.07, 6.45) is 4.50. The van der Waals surface area contributed by atoms with Gasteiger partial charge in [-0.1, -0.05) is 12.1 Å². The Bertz CT molecular complexity index is 778. The van der Waals surface area contributed by atoms with E-state index in [-0.39, 0.29) is 0 Å². The first-order valence-corrected chi connectivity index (χ1v) is 6.76. The molecule has 4 nitrogen and oxygen atoms in total. The Morgan fingerprint density at radius 2 is 2.15 bits per heavy atom. The molecule has 3 heterocycles. The predicted octanol–water partition coefficient (Wildman–Crippen LogP) is 2.97. The third kappa shape index (κ3) is 1.65. The van der Waals surface area contributed by atoms with Gasteiger partial charge in [0.1, 0.15) is 11.4 Å². The summed E-state index contributed by atoms with van der Waals surface area (Å²) in [5.41, 5.74) is 10.4. The second-order valence-corrected chi connectivity index (χ2v) is 5.12. The van der Waals surface area contributed by atoms with Crippen molar-refractivity contribution in [2.45, 2.75) is 13.0 Å². The van der Waals surface area contributed by atoms with Gasteiger partial charge in [-0.05, 0) is 35.7 Å². The molecule has 2 N–H and O–H groups in total. The van der Waals surface area contributed by atoms with Gasteiger partial charge in [0.2, 0.25) is 0 Å². The lowest BCUT2D eigenvalue weighted by Gasteiger charge is -2.30. The van der Waals surface area contributed by atoms with Crippen molar-refractivity contribution < 1.29 is 4.42 Å². The number of anilines is 2. The average Bonchev–Trinajstić information content (AvgIpc) is 2.96. The summed E-state index contributed by atoms with van der Waals surface area (Å²) in [4.78, 5) is 6.80. The number of furan rings is 1. The number of nitrogen functional groups attached to an aromatic ring is 1. The molecule has 0 unspecified atom stereocenters. The Balaban J connectivity index is 1.78. The molecule has 4 heteroatoms. The van der Waals surface area contributed by atoms with E-state index in [9.17, 15) is 0 Å². The summed E-state index contributed by atoms with van der Waals surface area (Å²) in [5, 5.41) is 1.06. The lowest BCUT2D eigenvalue weighted by Crippen LogP contribution is -2.31. The summed E-state index contributed by atoms with van der Waals surface area (Å²) in [5.74, 6) is 0.977. The summed E-state index contributed by atoms with van der Waals surface area (Å²) >= 11 is 0. The molecule has 0 saturated carbocycles. The second-order valence-electron chi connectivity index (χ2n) is 5.12. The van der Waals surface area contributed by atoms with Crippen LogP contribution in [0.4, 0.5) is 11.5 Å². The van der Waals surface area contributed by atoms with Crippen molar-refractivity contribution in [3.8, 4) is 0 Å². The zero-order chi connectivity index (χ0) is 13.5. The number of aromatic nitrogens is 1. The smallest absolute Gasteiger partial charge is 0.140 e. The third-order valence-electron chi connectivity index (χ3n) is 3.97. The monoisotopic (exact) mass is 265 g/mol. The molecule has 1 aliphatic rings. The first-order valence-electron chi connectivity index (χ1n) is 6.76. The van der Waals surface area contributed by atoms with Crippen LogP contribution < -0.4 is 10.6 Å². The van der Waals surface area contributed by atoms with E-state index in [4.69, 9.17) is 10.2 Å². The van der Waals surface area contributed by atoms with Gasteiger partial charge in [0, 0.05) is 25.0 Å². The highest BCUT2D eigenvalue weighted by molar-refractivity contribution is 5.88. The molecule has 0 aliphatic carbocycles. The molecule has 0 atom stereocenters. The highest BCUT2D eigenvalue weighted by Gasteiger charge is 2.21. The van der Waals surface area contributed by atoms with Crippen LogP contribution in [0.2, 0.25) is 0 Å². The quantitative estimate of drug-likeness (QED) is 0.687. The van der Waals surface area contributed by atoms with Gasteiger partial charge < -0.3 is 15.1 Å². The lowest BCUT2D eigenvalue weighted by molar-refractivity contribution is 0.615. The maximum absolute atomic E-state index is 6.11. The van der Waals surface area contributed by atoms with Crippen molar-refractivity contribution in [1.82, 2.24) is 4.98 Å². The minimum absolute atomic E-state index is 0.805. The van der Waals surface area contributed by atoms with Crippen LogP contribution in [-0.2, 0) is 13.0 Å². The minimum atomic E-state index is 0.805.